The van der Waals surface area contributed by atoms with E-state index in [1.54, 1.807) is 49.4 Å². The monoisotopic (exact) mass is 517 g/mol. The molecule has 0 spiro atoms. The lowest BCUT2D eigenvalue weighted by Crippen LogP contribution is -2.54. The van der Waals surface area contributed by atoms with Crippen LogP contribution in [0, 0.1) is 20.8 Å². The Kier molecular flexibility index (Phi) is 7.40. The smallest absolute Gasteiger partial charge is 0.335 e. The summed E-state index contributed by atoms with van der Waals surface area (Å²) >= 11 is 6.15. The number of anilines is 2. The third-order valence-corrected chi connectivity index (χ3v) is 6.22. The van der Waals surface area contributed by atoms with Crippen molar-refractivity contribution in [3.8, 4) is 5.75 Å². The van der Waals surface area contributed by atoms with Gasteiger partial charge in [-0.2, -0.15) is 0 Å². The van der Waals surface area contributed by atoms with Crippen LogP contribution in [0.15, 0.2) is 66.2 Å². The molecule has 0 radical (unpaired) electrons. The number of urea groups is 1. The predicted molar refractivity (Wildman–Crippen MR) is 142 cm³/mol. The molecule has 0 saturated carbocycles. The number of nitrogens with one attached hydrogen (secondary N) is 2. The number of halogens is 1. The molecule has 188 valence electrons. The van der Waals surface area contributed by atoms with Gasteiger partial charge in [-0.05, 0) is 79.4 Å². The molecule has 8 nitrogen and oxygen atoms in total. The van der Waals surface area contributed by atoms with Crippen LogP contribution in [0.2, 0.25) is 5.02 Å². The summed E-state index contributed by atoms with van der Waals surface area (Å²) in [5, 5.41) is 5.41. The highest BCUT2D eigenvalue weighted by atomic mass is 35.5. The van der Waals surface area contributed by atoms with Gasteiger partial charge < -0.3 is 10.1 Å². The standard InChI is InChI=1S/C28H24ClN3O5/c1-16-7-8-17(2)23(13-16)30-25(33)15-37-20-11-9-19(10-12-20)14-21-26(34)31-28(36)32(27(21)35)24-6-4-5-22(29)18(24)3/h4-14H,15H2,1-3H3,(H,30,33)(H,31,34,36)/b21-14-. The lowest BCUT2D eigenvalue weighted by Gasteiger charge is -2.27. The number of hydrogen-bond acceptors (Lipinski definition) is 5. The van der Waals surface area contributed by atoms with Gasteiger partial charge in [0.15, 0.2) is 6.61 Å². The van der Waals surface area contributed by atoms with Crippen LogP contribution in [0.1, 0.15) is 22.3 Å². The van der Waals surface area contributed by atoms with Gasteiger partial charge in [0.1, 0.15) is 11.3 Å². The summed E-state index contributed by atoms with van der Waals surface area (Å²) < 4.78 is 5.57. The van der Waals surface area contributed by atoms with Gasteiger partial charge in [-0.15, -0.1) is 0 Å². The van der Waals surface area contributed by atoms with E-state index in [1.165, 1.54) is 6.08 Å². The number of imide groups is 2. The summed E-state index contributed by atoms with van der Waals surface area (Å²) in [4.78, 5) is 51.2. The van der Waals surface area contributed by atoms with Crippen LogP contribution >= 0.6 is 11.6 Å². The first-order chi connectivity index (χ1) is 17.6. The molecule has 1 heterocycles. The van der Waals surface area contributed by atoms with Crippen LogP contribution in [0.3, 0.4) is 0 Å². The number of carbonyl (C=O) groups is 4. The van der Waals surface area contributed by atoms with E-state index < -0.39 is 17.8 Å². The Morgan fingerprint density at radius 2 is 1.76 bits per heavy atom. The highest BCUT2D eigenvalue weighted by molar-refractivity contribution is 6.39. The fraction of sp³-hybridized carbons (Fsp3) is 0.143. The summed E-state index contributed by atoms with van der Waals surface area (Å²) in [5.41, 5.74) is 3.85. The minimum atomic E-state index is -0.847. The van der Waals surface area contributed by atoms with Gasteiger partial charge in [-0.25, -0.2) is 9.69 Å². The van der Waals surface area contributed by atoms with Crippen molar-refractivity contribution in [2.24, 2.45) is 0 Å². The first-order valence-electron chi connectivity index (χ1n) is 11.4. The van der Waals surface area contributed by atoms with E-state index in [0.29, 0.717) is 21.9 Å². The number of hydrogen-bond donors (Lipinski definition) is 2. The summed E-state index contributed by atoms with van der Waals surface area (Å²) in [6, 6.07) is 16.3. The molecule has 0 bridgehead atoms. The molecule has 9 heteroatoms. The number of nitrogens with zero attached hydrogens (tertiary/aromatic N) is 1. The van der Waals surface area contributed by atoms with E-state index in [4.69, 9.17) is 16.3 Å². The Hall–Kier alpha value is -4.43. The van der Waals surface area contributed by atoms with Crippen LogP contribution in [0.4, 0.5) is 16.2 Å². The van der Waals surface area contributed by atoms with Crippen molar-refractivity contribution in [3.05, 3.63) is 93.5 Å². The number of benzene rings is 3. The molecule has 4 rings (SSSR count). The molecule has 37 heavy (non-hydrogen) atoms. The molecule has 1 aliphatic heterocycles. The lowest BCUT2D eigenvalue weighted by molar-refractivity contribution is -0.122. The molecule has 0 aromatic heterocycles. The zero-order valence-corrected chi connectivity index (χ0v) is 21.2. The van der Waals surface area contributed by atoms with Crippen molar-refractivity contribution in [2.45, 2.75) is 20.8 Å². The van der Waals surface area contributed by atoms with Crippen LogP contribution in [0.5, 0.6) is 5.75 Å². The van der Waals surface area contributed by atoms with Gasteiger partial charge in [0.25, 0.3) is 17.7 Å². The average molecular weight is 518 g/mol. The lowest BCUT2D eigenvalue weighted by atomic mass is 10.1. The molecule has 1 saturated heterocycles. The maximum Gasteiger partial charge on any atom is 0.335 e. The van der Waals surface area contributed by atoms with Gasteiger partial charge in [0, 0.05) is 10.7 Å². The van der Waals surface area contributed by atoms with Gasteiger partial charge in [-0.1, -0.05) is 41.9 Å². The Labute approximate surface area is 218 Å². The molecule has 3 aromatic carbocycles. The SMILES string of the molecule is Cc1ccc(C)c(NC(=O)COc2ccc(/C=C3/C(=O)NC(=O)N(c4cccc(Cl)c4C)C3=O)cc2)c1. The Morgan fingerprint density at radius 1 is 1.03 bits per heavy atom. The van der Waals surface area contributed by atoms with Crippen LogP contribution in [-0.4, -0.2) is 30.4 Å². The molecular formula is C28H24ClN3O5. The van der Waals surface area contributed by atoms with Crippen LogP contribution in [0.25, 0.3) is 6.08 Å². The summed E-state index contributed by atoms with van der Waals surface area (Å²) in [6.07, 6.45) is 1.38. The molecular weight excluding hydrogens is 494 g/mol. The van der Waals surface area contributed by atoms with Crippen molar-refractivity contribution in [3.63, 3.8) is 0 Å². The molecule has 5 amide bonds. The summed E-state index contributed by atoms with van der Waals surface area (Å²) in [6.45, 7) is 5.34. The minimum Gasteiger partial charge on any atom is -0.484 e. The summed E-state index contributed by atoms with van der Waals surface area (Å²) in [5.74, 6) is -1.42. The number of carbonyl (C=O) groups excluding carboxylic acids is 4. The predicted octanol–water partition coefficient (Wildman–Crippen LogP) is 4.95. The minimum absolute atomic E-state index is 0.190. The average Bonchev–Trinajstić information content (AvgIpc) is 2.86. The molecule has 0 atom stereocenters. The van der Waals surface area contributed by atoms with E-state index in [9.17, 15) is 19.2 Å². The van der Waals surface area contributed by atoms with Crippen LogP contribution < -0.4 is 20.3 Å². The molecule has 2 N–H and O–H groups in total. The van der Waals surface area contributed by atoms with E-state index in [-0.39, 0.29) is 23.8 Å². The second kappa shape index (κ2) is 10.7. The first kappa shape index (κ1) is 25.7. The fourth-order valence-corrected chi connectivity index (χ4v) is 3.92. The van der Waals surface area contributed by atoms with Gasteiger partial charge in [0.2, 0.25) is 0 Å². The second-order valence-electron chi connectivity index (χ2n) is 8.57. The Morgan fingerprint density at radius 3 is 2.49 bits per heavy atom. The van der Waals surface area contributed by atoms with E-state index >= 15 is 0 Å². The van der Waals surface area contributed by atoms with Crippen molar-refractivity contribution in [2.75, 3.05) is 16.8 Å². The highest BCUT2D eigenvalue weighted by Gasteiger charge is 2.37. The topological polar surface area (TPSA) is 105 Å². The third kappa shape index (κ3) is 5.70. The number of barbiturate groups is 1. The maximum absolute atomic E-state index is 13.1. The molecule has 1 aliphatic rings. The second-order valence-corrected chi connectivity index (χ2v) is 8.97. The zero-order valence-electron chi connectivity index (χ0n) is 20.4. The quantitative estimate of drug-likeness (QED) is 0.355. The van der Waals surface area contributed by atoms with Crippen LogP contribution in [-0.2, 0) is 14.4 Å². The van der Waals surface area contributed by atoms with E-state index in [2.05, 4.69) is 10.6 Å². The molecule has 3 aromatic rings. The first-order valence-corrected chi connectivity index (χ1v) is 11.8. The van der Waals surface area contributed by atoms with E-state index in [0.717, 1.165) is 21.7 Å². The normalized spacial score (nSPS) is 14.5. The van der Waals surface area contributed by atoms with Gasteiger partial charge in [0.05, 0.1) is 5.69 Å². The van der Waals surface area contributed by atoms with E-state index in [1.807, 2.05) is 32.0 Å². The number of ether oxygens (including phenoxy) is 1. The van der Waals surface area contributed by atoms with Crippen molar-refractivity contribution in [1.82, 2.24) is 5.32 Å². The number of aryl methyl sites for hydroxylation is 2. The summed E-state index contributed by atoms with van der Waals surface area (Å²) in [7, 11) is 0. The Bertz CT molecular complexity index is 1450. The molecule has 1 fully saturated rings. The zero-order chi connectivity index (χ0) is 26.7. The van der Waals surface area contributed by atoms with Crippen molar-refractivity contribution >= 4 is 52.8 Å². The maximum atomic E-state index is 13.1. The van der Waals surface area contributed by atoms with Gasteiger partial charge >= 0.3 is 6.03 Å². The van der Waals surface area contributed by atoms with Crippen molar-refractivity contribution < 1.29 is 23.9 Å². The molecule has 0 aliphatic carbocycles. The molecule has 0 unspecified atom stereocenters. The number of rotatable bonds is 6. The van der Waals surface area contributed by atoms with Gasteiger partial charge in [-0.3, -0.25) is 19.7 Å². The largest absolute Gasteiger partial charge is 0.484 e. The number of amides is 5. The Balaban J connectivity index is 1.46. The fourth-order valence-electron chi connectivity index (χ4n) is 3.75. The van der Waals surface area contributed by atoms with Crippen molar-refractivity contribution in [1.29, 1.82) is 0 Å². The third-order valence-electron chi connectivity index (χ3n) is 5.81. The highest BCUT2D eigenvalue weighted by Crippen LogP contribution is 2.29.